The Morgan fingerprint density at radius 3 is 3.00 bits per heavy atom. The van der Waals surface area contributed by atoms with Gasteiger partial charge in [-0.25, -0.2) is 0 Å². The molecule has 13 heavy (non-hydrogen) atoms. The lowest BCUT2D eigenvalue weighted by Gasteiger charge is -2.09. The van der Waals surface area contributed by atoms with Gasteiger partial charge in [0.1, 0.15) is 0 Å². The maximum Gasteiger partial charge on any atom is 0.0951 e. The Kier molecular flexibility index (Phi) is 4.78. The van der Waals surface area contributed by atoms with Crippen molar-refractivity contribution in [1.29, 1.82) is 0 Å². The third kappa shape index (κ3) is 3.29. The van der Waals surface area contributed by atoms with E-state index in [-0.39, 0.29) is 6.04 Å². The Morgan fingerprint density at radius 1 is 1.77 bits per heavy atom. The molecule has 0 aliphatic heterocycles. The second-order valence-corrected chi connectivity index (χ2v) is 5.54. The zero-order valence-corrected chi connectivity index (χ0v) is 10.5. The normalized spacial score (nSPS) is 12.4. The summed E-state index contributed by atoms with van der Waals surface area (Å²) in [6, 6.07) is 2.22. The van der Waals surface area contributed by atoms with Crippen LogP contribution in [0.15, 0.2) is 11.4 Å². The van der Waals surface area contributed by atoms with Crippen molar-refractivity contribution in [3.05, 3.63) is 19.9 Å². The Labute approximate surface area is 97.1 Å². The van der Waals surface area contributed by atoms with Crippen molar-refractivity contribution in [3.63, 3.8) is 0 Å². The Hall–Kier alpha value is -0.0500. The number of thiophene rings is 1. The fraction of sp³-hybridized carbons (Fsp3) is 0.400. The van der Waals surface area contributed by atoms with E-state index in [0.717, 1.165) is 13.0 Å². The van der Waals surface area contributed by atoms with Crippen LogP contribution in [0.3, 0.4) is 0 Å². The van der Waals surface area contributed by atoms with Crippen LogP contribution in [-0.2, 0) is 0 Å². The quantitative estimate of drug-likeness (QED) is 0.666. The van der Waals surface area contributed by atoms with Crippen molar-refractivity contribution in [2.24, 2.45) is 0 Å². The SMILES string of the molecule is C#CC(NCCC)c1csc(I)c1. The van der Waals surface area contributed by atoms with Crippen LogP contribution in [0.4, 0.5) is 0 Å². The lowest BCUT2D eigenvalue weighted by Crippen LogP contribution is -2.20. The molecule has 1 aromatic heterocycles. The molecule has 1 aromatic rings. The molecule has 1 atom stereocenters. The molecule has 1 rings (SSSR count). The molecular formula is C10H12INS. The summed E-state index contributed by atoms with van der Waals surface area (Å²) < 4.78 is 1.28. The van der Waals surface area contributed by atoms with Crippen LogP contribution in [-0.4, -0.2) is 6.54 Å². The fourth-order valence-electron chi connectivity index (χ4n) is 1.04. The number of hydrogen-bond acceptors (Lipinski definition) is 2. The molecule has 3 heteroatoms. The minimum Gasteiger partial charge on any atom is -0.300 e. The smallest absolute Gasteiger partial charge is 0.0951 e. The molecule has 0 saturated carbocycles. The van der Waals surface area contributed by atoms with Gasteiger partial charge in [0.15, 0.2) is 0 Å². The molecule has 0 aliphatic carbocycles. The number of rotatable bonds is 4. The number of hydrogen-bond donors (Lipinski definition) is 1. The summed E-state index contributed by atoms with van der Waals surface area (Å²) >= 11 is 4.04. The van der Waals surface area contributed by atoms with Gasteiger partial charge in [0.25, 0.3) is 0 Å². The van der Waals surface area contributed by atoms with Crippen molar-refractivity contribution < 1.29 is 0 Å². The highest BCUT2D eigenvalue weighted by atomic mass is 127. The van der Waals surface area contributed by atoms with Gasteiger partial charge in [0, 0.05) is 0 Å². The van der Waals surface area contributed by atoms with E-state index in [9.17, 15) is 0 Å². The number of nitrogens with one attached hydrogen (secondary N) is 1. The molecule has 0 saturated heterocycles. The molecule has 0 bridgehead atoms. The predicted octanol–water partition coefficient (Wildman–Crippen LogP) is 3.03. The predicted molar refractivity (Wildman–Crippen MR) is 66.9 cm³/mol. The standard InChI is InChI=1S/C10H12INS/c1-3-5-12-9(4-2)8-6-10(11)13-7-8/h2,6-7,9,12H,3,5H2,1H3. The average Bonchev–Trinajstić information content (AvgIpc) is 2.54. The van der Waals surface area contributed by atoms with E-state index in [4.69, 9.17) is 6.42 Å². The zero-order valence-electron chi connectivity index (χ0n) is 7.51. The molecular weight excluding hydrogens is 293 g/mol. The first-order valence-electron chi connectivity index (χ1n) is 4.21. The molecule has 1 N–H and O–H groups in total. The minimum atomic E-state index is 0.0831. The van der Waals surface area contributed by atoms with Gasteiger partial charge in [-0.05, 0) is 52.6 Å². The fourth-order valence-corrected chi connectivity index (χ4v) is 2.43. The molecule has 1 heterocycles. The van der Waals surface area contributed by atoms with Gasteiger partial charge in [0.2, 0.25) is 0 Å². The second kappa shape index (κ2) is 5.63. The van der Waals surface area contributed by atoms with E-state index in [0.29, 0.717) is 0 Å². The van der Waals surface area contributed by atoms with E-state index in [1.807, 2.05) is 0 Å². The summed E-state index contributed by atoms with van der Waals surface area (Å²) in [5.41, 5.74) is 1.21. The second-order valence-electron chi connectivity index (χ2n) is 2.74. The Morgan fingerprint density at radius 2 is 2.54 bits per heavy atom. The summed E-state index contributed by atoms with van der Waals surface area (Å²) in [6.07, 6.45) is 6.56. The minimum absolute atomic E-state index is 0.0831. The third-order valence-electron chi connectivity index (χ3n) is 1.69. The lowest BCUT2D eigenvalue weighted by atomic mass is 10.1. The van der Waals surface area contributed by atoms with E-state index in [1.165, 1.54) is 8.45 Å². The molecule has 1 unspecified atom stereocenters. The molecule has 1 nitrogen and oxygen atoms in total. The van der Waals surface area contributed by atoms with Crippen molar-refractivity contribution in [1.82, 2.24) is 5.32 Å². The van der Waals surface area contributed by atoms with Crippen LogP contribution >= 0.6 is 33.9 Å². The van der Waals surface area contributed by atoms with Crippen LogP contribution in [0.5, 0.6) is 0 Å². The molecule has 0 amide bonds. The molecule has 0 fully saturated rings. The highest BCUT2D eigenvalue weighted by Gasteiger charge is 2.08. The Bertz CT molecular complexity index is 300. The summed E-state index contributed by atoms with van der Waals surface area (Å²) in [6.45, 7) is 3.11. The lowest BCUT2D eigenvalue weighted by molar-refractivity contribution is 0.628. The van der Waals surface area contributed by atoms with Crippen LogP contribution in [0.2, 0.25) is 0 Å². The van der Waals surface area contributed by atoms with Crippen molar-refractivity contribution in [2.75, 3.05) is 6.54 Å². The first-order valence-corrected chi connectivity index (χ1v) is 6.17. The summed E-state index contributed by atoms with van der Waals surface area (Å²) in [5.74, 6) is 2.76. The van der Waals surface area contributed by atoms with Gasteiger partial charge in [-0.3, -0.25) is 5.32 Å². The van der Waals surface area contributed by atoms with Crippen molar-refractivity contribution >= 4 is 33.9 Å². The summed E-state index contributed by atoms with van der Waals surface area (Å²) in [5, 5.41) is 5.44. The first kappa shape index (κ1) is 11.0. The van der Waals surface area contributed by atoms with Crippen molar-refractivity contribution in [2.45, 2.75) is 19.4 Å². The first-order chi connectivity index (χ1) is 6.27. The van der Waals surface area contributed by atoms with E-state index in [1.54, 1.807) is 11.3 Å². The summed E-state index contributed by atoms with van der Waals surface area (Å²) in [4.78, 5) is 0. The maximum absolute atomic E-state index is 5.44. The Balaban J connectivity index is 2.63. The number of halogens is 1. The van der Waals surface area contributed by atoms with Crippen LogP contribution in [0.1, 0.15) is 24.9 Å². The number of terminal acetylenes is 1. The van der Waals surface area contributed by atoms with E-state index < -0.39 is 0 Å². The molecule has 0 aromatic carbocycles. The van der Waals surface area contributed by atoms with Gasteiger partial charge in [-0.1, -0.05) is 12.8 Å². The monoisotopic (exact) mass is 305 g/mol. The van der Waals surface area contributed by atoms with E-state index in [2.05, 4.69) is 52.2 Å². The van der Waals surface area contributed by atoms with Gasteiger partial charge in [0.05, 0.1) is 8.93 Å². The molecule has 70 valence electrons. The zero-order chi connectivity index (χ0) is 9.68. The van der Waals surface area contributed by atoms with Gasteiger partial charge < -0.3 is 0 Å². The topological polar surface area (TPSA) is 12.0 Å². The average molecular weight is 305 g/mol. The van der Waals surface area contributed by atoms with Gasteiger partial charge in [-0.15, -0.1) is 17.8 Å². The highest BCUT2D eigenvalue weighted by Crippen LogP contribution is 2.21. The van der Waals surface area contributed by atoms with Gasteiger partial charge in [-0.2, -0.15) is 0 Å². The van der Waals surface area contributed by atoms with E-state index >= 15 is 0 Å². The van der Waals surface area contributed by atoms with Crippen LogP contribution in [0, 0.1) is 15.2 Å². The molecule has 0 radical (unpaired) electrons. The largest absolute Gasteiger partial charge is 0.300 e. The van der Waals surface area contributed by atoms with Crippen LogP contribution in [0.25, 0.3) is 0 Å². The highest BCUT2D eigenvalue weighted by molar-refractivity contribution is 14.1. The van der Waals surface area contributed by atoms with Crippen LogP contribution < -0.4 is 5.32 Å². The summed E-state index contributed by atoms with van der Waals surface area (Å²) in [7, 11) is 0. The molecule has 0 aliphatic rings. The third-order valence-corrected chi connectivity index (χ3v) is 3.49. The molecule has 0 spiro atoms. The van der Waals surface area contributed by atoms with Gasteiger partial charge >= 0.3 is 0 Å². The van der Waals surface area contributed by atoms with Crippen molar-refractivity contribution in [3.8, 4) is 12.3 Å². The maximum atomic E-state index is 5.44.